The molecule has 0 bridgehead atoms. The molecular weight excluding hydrogens is 386 g/mol. The molecule has 7 heteroatoms. The van der Waals surface area contributed by atoms with Gasteiger partial charge in [-0.3, -0.25) is 9.69 Å². The smallest absolute Gasteiger partial charge is 0.273 e. The number of anilines is 1. The van der Waals surface area contributed by atoms with Gasteiger partial charge in [0.1, 0.15) is 6.61 Å². The third-order valence-corrected chi connectivity index (χ3v) is 6.09. The molecule has 1 atom stereocenters. The van der Waals surface area contributed by atoms with Crippen molar-refractivity contribution in [2.75, 3.05) is 38.7 Å². The van der Waals surface area contributed by atoms with Crippen LogP contribution < -0.4 is 14.4 Å². The number of hydrogen-bond acceptors (Lipinski definition) is 6. The fourth-order valence-electron chi connectivity index (χ4n) is 3.40. The van der Waals surface area contributed by atoms with Crippen LogP contribution in [0.2, 0.25) is 0 Å². The third kappa shape index (κ3) is 4.06. The molecule has 1 amide bonds. The molecule has 0 fully saturated rings. The summed E-state index contributed by atoms with van der Waals surface area (Å²) in [5.41, 5.74) is 3.27. The molecule has 29 heavy (non-hydrogen) atoms. The molecule has 4 rings (SSSR count). The lowest BCUT2D eigenvalue weighted by molar-refractivity contribution is -0.127. The lowest BCUT2D eigenvalue weighted by atomic mass is 10.1. The number of para-hydroxylation sites is 2. The van der Waals surface area contributed by atoms with Crippen LogP contribution in [0.3, 0.4) is 0 Å². The number of aryl methyl sites for hydroxylation is 2. The first-order valence-electron chi connectivity index (χ1n) is 9.65. The van der Waals surface area contributed by atoms with Crippen LogP contribution in [-0.2, 0) is 4.79 Å². The number of likely N-dealkylation sites (N-methyl/N-ethyl adjacent to an activating group) is 1. The zero-order chi connectivity index (χ0) is 20.5. The second-order valence-corrected chi connectivity index (χ2v) is 8.56. The number of fused-ring (bicyclic) bond motifs is 2. The van der Waals surface area contributed by atoms with E-state index in [0.29, 0.717) is 23.2 Å². The van der Waals surface area contributed by atoms with E-state index in [4.69, 9.17) is 14.5 Å². The SMILES string of the molecule is Cc1cc(C)c2sc(N(CCN(C)C)C(=O)[C@@H]3COc4ccccc4O3)nc2c1. The summed E-state index contributed by atoms with van der Waals surface area (Å²) in [4.78, 5) is 22.0. The summed E-state index contributed by atoms with van der Waals surface area (Å²) < 4.78 is 12.8. The lowest BCUT2D eigenvalue weighted by Crippen LogP contribution is -2.48. The van der Waals surface area contributed by atoms with Crippen LogP contribution in [0.25, 0.3) is 10.2 Å². The fourth-order valence-corrected chi connectivity index (χ4v) is 4.44. The highest BCUT2D eigenvalue weighted by atomic mass is 32.1. The Labute approximate surface area is 174 Å². The van der Waals surface area contributed by atoms with Crippen LogP contribution in [0.15, 0.2) is 36.4 Å². The van der Waals surface area contributed by atoms with Crippen molar-refractivity contribution < 1.29 is 14.3 Å². The Morgan fingerprint density at radius 2 is 1.93 bits per heavy atom. The number of amides is 1. The second kappa shape index (κ2) is 8.00. The van der Waals surface area contributed by atoms with E-state index in [1.807, 2.05) is 38.4 Å². The molecule has 1 aliphatic heterocycles. The predicted molar refractivity (Wildman–Crippen MR) is 116 cm³/mol. The van der Waals surface area contributed by atoms with Crippen LogP contribution in [0, 0.1) is 13.8 Å². The Bertz CT molecular complexity index is 1050. The van der Waals surface area contributed by atoms with Crippen molar-refractivity contribution in [3.8, 4) is 11.5 Å². The number of thiazole rings is 1. The van der Waals surface area contributed by atoms with Crippen LogP contribution in [0.5, 0.6) is 11.5 Å². The molecule has 2 heterocycles. The van der Waals surface area contributed by atoms with Gasteiger partial charge in [-0.15, -0.1) is 0 Å². The Morgan fingerprint density at radius 1 is 1.17 bits per heavy atom. The summed E-state index contributed by atoms with van der Waals surface area (Å²) in [6, 6.07) is 11.6. The van der Waals surface area contributed by atoms with Gasteiger partial charge in [0.05, 0.1) is 10.2 Å². The number of nitrogens with zero attached hydrogens (tertiary/aromatic N) is 3. The van der Waals surface area contributed by atoms with E-state index >= 15 is 0 Å². The first-order chi connectivity index (χ1) is 13.9. The molecule has 0 saturated heterocycles. The number of benzene rings is 2. The molecule has 0 unspecified atom stereocenters. The minimum Gasteiger partial charge on any atom is -0.485 e. The van der Waals surface area contributed by atoms with Crippen molar-refractivity contribution in [2.24, 2.45) is 0 Å². The van der Waals surface area contributed by atoms with Gasteiger partial charge < -0.3 is 14.4 Å². The second-order valence-electron chi connectivity index (χ2n) is 7.58. The first-order valence-corrected chi connectivity index (χ1v) is 10.5. The van der Waals surface area contributed by atoms with E-state index < -0.39 is 6.10 Å². The molecule has 2 aromatic carbocycles. The molecule has 1 aromatic heterocycles. The zero-order valence-corrected chi connectivity index (χ0v) is 18.0. The molecule has 6 nitrogen and oxygen atoms in total. The molecule has 0 aliphatic carbocycles. The van der Waals surface area contributed by atoms with Crippen LogP contribution in [-0.4, -0.2) is 55.7 Å². The van der Waals surface area contributed by atoms with Gasteiger partial charge in [0.2, 0.25) is 6.10 Å². The van der Waals surface area contributed by atoms with Crippen molar-refractivity contribution in [3.05, 3.63) is 47.5 Å². The van der Waals surface area contributed by atoms with Gasteiger partial charge in [-0.05, 0) is 57.3 Å². The Morgan fingerprint density at radius 3 is 2.69 bits per heavy atom. The van der Waals surface area contributed by atoms with Crippen molar-refractivity contribution in [1.82, 2.24) is 9.88 Å². The topological polar surface area (TPSA) is 54.9 Å². The molecule has 0 spiro atoms. The highest BCUT2D eigenvalue weighted by Gasteiger charge is 2.33. The van der Waals surface area contributed by atoms with Gasteiger partial charge in [-0.1, -0.05) is 29.5 Å². The predicted octanol–water partition coefficient (Wildman–Crippen LogP) is 3.65. The van der Waals surface area contributed by atoms with Gasteiger partial charge in [-0.25, -0.2) is 4.98 Å². The molecule has 152 valence electrons. The summed E-state index contributed by atoms with van der Waals surface area (Å²) >= 11 is 1.55. The lowest BCUT2D eigenvalue weighted by Gasteiger charge is -2.30. The van der Waals surface area contributed by atoms with Gasteiger partial charge >= 0.3 is 0 Å². The number of carbonyl (C=O) groups is 1. The van der Waals surface area contributed by atoms with Crippen LogP contribution in [0.4, 0.5) is 5.13 Å². The Hall–Kier alpha value is -2.64. The van der Waals surface area contributed by atoms with Crippen LogP contribution in [0.1, 0.15) is 11.1 Å². The summed E-state index contributed by atoms with van der Waals surface area (Å²) in [6.45, 7) is 5.59. The minimum absolute atomic E-state index is 0.130. The van der Waals surface area contributed by atoms with E-state index in [9.17, 15) is 4.79 Å². The van der Waals surface area contributed by atoms with E-state index in [2.05, 4.69) is 30.9 Å². The number of hydrogen-bond donors (Lipinski definition) is 0. The monoisotopic (exact) mass is 411 g/mol. The number of aromatic nitrogens is 1. The van der Waals surface area contributed by atoms with Crippen molar-refractivity contribution in [1.29, 1.82) is 0 Å². The van der Waals surface area contributed by atoms with E-state index in [-0.39, 0.29) is 12.5 Å². The van der Waals surface area contributed by atoms with Gasteiger partial charge in [0, 0.05) is 13.1 Å². The maximum atomic E-state index is 13.4. The van der Waals surface area contributed by atoms with E-state index in [1.54, 1.807) is 16.2 Å². The molecule has 0 N–H and O–H groups in total. The molecular formula is C22H25N3O3S. The maximum Gasteiger partial charge on any atom is 0.273 e. The van der Waals surface area contributed by atoms with E-state index in [1.165, 1.54) is 11.1 Å². The standard InChI is InChI=1S/C22H25N3O3S/c1-14-11-15(2)20-16(12-14)23-22(29-20)25(10-9-24(3)4)21(26)19-13-27-17-7-5-6-8-18(17)28-19/h5-8,11-12,19H,9-10,13H2,1-4H3/t19-/m0/s1. The zero-order valence-electron chi connectivity index (χ0n) is 17.1. The summed E-state index contributed by atoms with van der Waals surface area (Å²) in [5, 5.41) is 0.697. The molecule has 3 aromatic rings. The number of ether oxygens (including phenoxy) is 2. The van der Waals surface area contributed by atoms with Crippen LogP contribution >= 0.6 is 11.3 Å². The van der Waals surface area contributed by atoms with Gasteiger partial charge in [0.15, 0.2) is 16.6 Å². The normalized spacial score (nSPS) is 15.7. The largest absolute Gasteiger partial charge is 0.485 e. The summed E-state index contributed by atoms with van der Waals surface area (Å²) in [6.07, 6.45) is -0.693. The van der Waals surface area contributed by atoms with Gasteiger partial charge in [0.25, 0.3) is 5.91 Å². The number of carbonyl (C=O) groups excluding carboxylic acids is 1. The highest BCUT2D eigenvalue weighted by Crippen LogP contribution is 2.34. The summed E-state index contributed by atoms with van der Waals surface area (Å²) in [5.74, 6) is 1.14. The summed E-state index contributed by atoms with van der Waals surface area (Å²) in [7, 11) is 3.98. The van der Waals surface area contributed by atoms with Gasteiger partial charge in [-0.2, -0.15) is 0 Å². The average molecular weight is 412 g/mol. The molecule has 1 aliphatic rings. The third-order valence-electron chi connectivity index (χ3n) is 4.86. The highest BCUT2D eigenvalue weighted by molar-refractivity contribution is 7.22. The first kappa shape index (κ1) is 19.7. The fraction of sp³-hybridized carbons (Fsp3) is 0.364. The van der Waals surface area contributed by atoms with Crippen molar-refractivity contribution >= 4 is 32.6 Å². The maximum absolute atomic E-state index is 13.4. The molecule has 0 saturated carbocycles. The Balaban J connectivity index is 1.65. The van der Waals surface area contributed by atoms with Crippen molar-refractivity contribution in [3.63, 3.8) is 0 Å². The Kier molecular flexibility index (Phi) is 5.43. The minimum atomic E-state index is -0.693. The average Bonchev–Trinajstić information content (AvgIpc) is 3.11. The number of rotatable bonds is 5. The quantitative estimate of drug-likeness (QED) is 0.642. The molecule has 0 radical (unpaired) electrons. The van der Waals surface area contributed by atoms with Crippen molar-refractivity contribution in [2.45, 2.75) is 20.0 Å². The van der Waals surface area contributed by atoms with E-state index in [0.717, 1.165) is 16.8 Å².